The van der Waals surface area contributed by atoms with Crippen molar-refractivity contribution in [2.24, 2.45) is 0 Å². The predicted molar refractivity (Wildman–Crippen MR) is 190 cm³/mol. The Bertz CT molecular complexity index is 1900. The van der Waals surface area contributed by atoms with Crippen LogP contribution in [0.3, 0.4) is 0 Å². The fourth-order valence-electron chi connectivity index (χ4n) is 7.89. The van der Waals surface area contributed by atoms with Gasteiger partial charge in [-0.15, -0.1) is 0 Å². The van der Waals surface area contributed by atoms with Crippen LogP contribution in [0.2, 0.25) is 0 Å². The Morgan fingerprint density at radius 3 is 2.48 bits per heavy atom. The van der Waals surface area contributed by atoms with Gasteiger partial charge in [0.15, 0.2) is 5.78 Å². The van der Waals surface area contributed by atoms with Gasteiger partial charge in [-0.1, -0.05) is 31.2 Å². The van der Waals surface area contributed by atoms with E-state index in [9.17, 15) is 4.79 Å². The number of rotatable bonds is 10. The smallest absolute Gasteiger partial charge is 0.163 e. The van der Waals surface area contributed by atoms with Gasteiger partial charge >= 0.3 is 0 Å². The number of benzene rings is 2. The first-order chi connectivity index (χ1) is 24.0. The fourth-order valence-corrected chi connectivity index (χ4v) is 7.89. The van der Waals surface area contributed by atoms with E-state index in [1.165, 1.54) is 26.0 Å². The third-order valence-corrected chi connectivity index (χ3v) is 10.4. The number of carbonyl (C=O) groups excluding carboxylic acids is 1. The molecule has 2 aromatic heterocycles. The van der Waals surface area contributed by atoms with Crippen LogP contribution in [0.5, 0.6) is 5.75 Å². The normalized spacial score (nSPS) is 20.5. The lowest BCUT2D eigenvalue weighted by Crippen LogP contribution is -2.48. The Hall–Kier alpha value is -3.99. The molecular formula is C40H46F3N5O2. The molecule has 0 unspecified atom stereocenters. The summed E-state index contributed by atoms with van der Waals surface area (Å²) in [5.41, 5.74) is 4.81. The molecule has 4 aromatic rings. The van der Waals surface area contributed by atoms with Gasteiger partial charge in [-0.05, 0) is 68.0 Å². The van der Waals surface area contributed by atoms with Gasteiger partial charge in [0.25, 0.3) is 0 Å². The van der Waals surface area contributed by atoms with Crippen LogP contribution in [0, 0.1) is 11.6 Å². The molecule has 1 aliphatic carbocycles. The zero-order valence-corrected chi connectivity index (χ0v) is 29.4. The molecule has 3 aliphatic rings. The first kappa shape index (κ1) is 34.5. The van der Waals surface area contributed by atoms with E-state index in [-0.39, 0.29) is 29.7 Å². The van der Waals surface area contributed by atoms with Crippen LogP contribution in [-0.2, 0) is 24.2 Å². The number of ketones is 1. The molecule has 0 saturated carbocycles. The van der Waals surface area contributed by atoms with E-state index < -0.39 is 23.3 Å². The molecule has 1 fully saturated rings. The molecule has 7 rings (SSSR count). The minimum absolute atomic E-state index is 0.0284. The number of ether oxygens (including phenoxy) is 1. The van der Waals surface area contributed by atoms with E-state index >= 15 is 13.2 Å². The van der Waals surface area contributed by atoms with E-state index in [2.05, 4.69) is 25.8 Å². The summed E-state index contributed by atoms with van der Waals surface area (Å²) in [6.45, 7) is 12.1. The fraction of sp³-hybridized carbons (Fsp3) is 0.450. The lowest BCUT2D eigenvalue weighted by atomic mass is 9.87. The van der Waals surface area contributed by atoms with Gasteiger partial charge in [-0.3, -0.25) is 24.5 Å². The van der Waals surface area contributed by atoms with Crippen molar-refractivity contribution in [1.82, 2.24) is 24.7 Å². The average Bonchev–Trinajstić information content (AvgIpc) is 3.43. The van der Waals surface area contributed by atoms with Gasteiger partial charge in [0.1, 0.15) is 29.7 Å². The highest BCUT2D eigenvalue weighted by Gasteiger charge is 2.41. The van der Waals surface area contributed by atoms with E-state index in [0.29, 0.717) is 31.7 Å². The van der Waals surface area contributed by atoms with Gasteiger partial charge in [0, 0.05) is 98.8 Å². The SMILES string of the molecule is CCC1=Cc2ncc(CN3CCN(CCOc4cc(F)c([C@@H]5c6[nH]c7ccccc7c6C[C@@H](C)N5CC(C)(C)F)c(F)c4)CC3)cc2CC1=O. The molecule has 50 heavy (non-hydrogen) atoms. The number of aromatic nitrogens is 2. The van der Waals surface area contributed by atoms with E-state index in [1.54, 1.807) is 0 Å². The van der Waals surface area contributed by atoms with Gasteiger partial charge in [-0.2, -0.15) is 0 Å². The highest BCUT2D eigenvalue weighted by atomic mass is 19.1. The van der Waals surface area contributed by atoms with Crippen molar-refractivity contribution in [3.63, 3.8) is 0 Å². The summed E-state index contributed by atoms with van der Waals surface area (Å²) < 4.78 is 53.1. The van der Waals surface area contributed by atoms with Crippen molar-refractivity contribution in [2.45, 2.75) is 71.3 Å². The van der Waals surface area contributed by atoms with Gasteiger partial charge < -0.3 is 9.72 Å². The molecule has 10 heteroatoms. The van der Waals surface area contributed by atoms with Crippen LogP contribution in [0.25, 0.3) is 17.0 Å². The molecule has 0 bridgehead atoms. The summed E-state index contributed by atoms with van der Waals surface area (Å²) in [4.78, 5) is 27.0. The summed E-state index contributed by atoms with van der Waals surface area (Å²) in [7, 11) is 0. The number of aromatic amines is 1. The number of pyridine rings is 1. The number of carbonyl (C=O) groups is 1. The Kier molecular flexibility index (Phi) is 9.62. The summed E-state index contributed by atoms with van der Waals surface area (Å²) in [5, 5.41) is 1.02. The first-order valence-electron chi connectivity index (χ1n) is 17.8. The maximum atomic E-state index is 16.0. The molecule has 1 saturated heterocycles. The number of alkyl halides is 1. The molecular weight excluding hydrogens is 639 g/mol. The van der Waals surface area contributed by atoms with Crippen molar-refractivity contribution in [2.75, 3.05) is 45.9 Å². The standard InChI is InChI=1S/C40H46F3N5O2/c1-5-27-18-35-28(19-36(27)49)17-26(22-44-35)23-47-12-10-46(11-13-47)14-15-50-29-20-32(41)37(33(42)21-29)39-38-31(30-8-6-7-9-34(30)45-38)16-25(2)48(39)24-40(3,4)43/h6-9,17-18,20-22,25,39,45H,5,10-16,19,23-24H2,1-4H3/t25-,39-/m1/s1. The number of hydrogen-bond acceptors (Lipinski definition) is 6. The molecule has 2 aliphatic heterocycles. The highest BCUT2D eigenvalue weighted by molar-refractivity contribution is 6.03. The van der Waals surface area contributed by atoms with Crippen LogP contribution < -0.4 is 4.74 Å². The van der Waals surface area contributed by atoms with Crippen LogP contribution in [0.1, 0.15) is 73.8 Å². The van der Waals surface area contributed by atoms with E-state index in [4.69, 9.17) is 4.74 Å². The molecule has 0 radical (unpaired) electrons. The topological polar surface area (TPSA) is 64.7 Å². The highest BCUT2D eigenvalue weighted by Crippen LogP contribution is 2.43. The number of hydrogen-bond donors (Lipinski definition) is 1. The average molecular weight is 686 g/mol. The van der Waals surface area contributed by atoms with Crippen LogP contribution in [0.15, 0.2) is 54.2 Å². The van der Waals surface area contributed by atoms with Crippen molar-refractivity contribution in [3.8, 4) is 5.75 Å². The molecule has 0 amide bonds. The molecule has 4 heterocycles. The molecule has 264 valence electrons. The van der Waals surface area contributed by atoms with Crippen molar-refractivity contribution in [1.29, 1.82) is 0 Å². The van der Waals surface area contributed by atoms with Gasteiger partial charge in [0.05, 0.1) is 11.7 Å². The third kappa shape index (κ3) is 7.11. The number of H-pyrrole nitrogens is 1. The Balaban J connectivity index is 0.985. The number of allylic oxidation sites excluding steroid dienone is 1. The zero-order valence-electron chi connectivity index (χ0n) is 29.4. The van der Waals surface area contributed by atoms with Gasteiger partial charge in [0.2, 0.25) is 0 Å². The van der Waals surface area contributed by atoms with Crippen molar-refractivity contribution >= 4 is 22.8 Å². The minimum atomic E-state index is -1.56. The quantitative estimate of drug-likeness (QED) is 0.193. The van der Waals surface area contributed by atoms with Crippen LogP contribution in [0.4, 0.5) is 13.2 Å². The number of piperazine rings is 1. The van der Waals surface area contributed by atoms with Crippen molar-refractivity contribution < 1.29 is 22.7 Å². The number of Topliss-reactive ketones (excluding diaryl/α,β-unsaturated/α-hetero) is 1. The second-order valence-electron chi connectivity index (χ2n) is 14.7. The zero-order chi connectivity index (χ0) is 35.2. The largest absolute Gasteiger partial charge is 0.492 e. The predicted octanol–water partition coefficient (Wildman–Crippen LogP) is 7.04. The number of nitrogens with zero attached hydrogens (tertiary/aromatic N) is 4. The minimum Gasteiger partial charge on any atom is -0.492 e. The first-order valence-corrected chi connectivity index (χ1v) is 17.8. The molecule has 0 spiro atoms. The maximum absolute atomic E-state index is 16.0. The molecule has 2 aromatic carbocycles. The second kappa shape index (κ2) is 14.0. The Labute approximate surface area is 292 Å². The Morgan fingerprint density at radius 1 is 1.04 bits per heavy atom. The molecule has 1 N–H and O–H groups in total. The van der Waals surface area contributed by atoms with Crippen molar-refractivity contribution in [3.05, 3.63) is 99.5 Å². The monoisotopic (exact) mass is 685 g/mol. The number of para-hydroxylation sites is 1. The maximum Gasteiger partial charge on any atom is 0.163 e. The lowest BCUT2D eigenvalue weighted by molar-refractivity contribution is -0.115. The van der Waals surface area contributed by atoms with Crippen LogP contribution in [-0.4, -0.2) is 88.0 Å². The molecule has 7 nitrogen and oxygen atoms in total. The van der Waals surface area contributed by atoms with E-state index in [0.717, 1.165) is 78.0 Å². The van der Waals surface area contributed by atoms with Crippen LogP contribution >= 0.6 is 0 Å². The lowest BCUT2D eigenvalue weighted by Gasteiger charge is -2.43. The van der Waals surface area contributed by atoms with Gasteiger partial charge in [-0.25, -0.2) is 13.2 Å². The summed E-state index contributed by atoms with van der Waals surface area (Å²) in [6.07, 6.45) is 5.62. The number of halogens is 3. The summed E-state index contributed by atoms with van der Waals surface area (Å²) >= 11 is 0. The molecule has 2 atom stereocenters. The third-order valence-electron chi connectivity index (χ3n) is 10.4. The second-order valence-corrected chi connectivity index (χ2v) is 14.7. The Morgan fingerprint density at radius 2 is 1.76 bits per heavy atom. The summed E-state index contributed by atoms with van der Waals surface area (Å²) in [5.74, 6) is -1.09. The van der Waals surface area contributed by atoms with E-state index in [1.807, 2.05) is 55.3 Å². The number of fused-ring (bicyclic) bond motifs is 4. The number of nitrogens with one attached hydrogen (secondary N) is 1. The summed E-state index contributed by atoms with van der Waals surface area (Å²) in [6, 6.07) is 11.5.